The lowest BCUT2D eigenvalue weighted by Gasteiger charge is -2.04. The fourth-order valence-corrected chi connectivity index (χ4v) is 2.45. The van der Waals surface area contributed by atoms with Gasteiger partial charge < -0.3 is 10.3 Å². The van der Waals surface area contributed by atoms with Gasteiger partial charge in [0.15, 0.2) is 0 Å². The van der Waals surface area contributed by atoms with Crippen LogP contribution < -0.4 is 5.32 Å². The number of aryl methyl sites for hydroxylation is 1. The number of nitrogens with one attached hydrogen (secondary N) is 2. The van der Waals surface area contributed by atoms with Gasteiger partial charge in [-0.3, -0.25) is 4.79 Å². The molecule has 2 aromatic heterocycles. The van der Waals surface area contributed by atoms with Crippen LogP contribution in [0.2, 0.25) is 0 Å². The van der Waals surface area contributed by atoms with Gasteiger partial charge >= 0.3 is 6.15 Å². The van der Waals surface area contributed by atoms with Gasteiger partial charge in [-0.15, -0.1) is 0 Å². The van der Waals surface area contributed by atoms with Crippen LogP contribution in [-0.4, -0.2) is 29.1 Å². The first-order valence-corrected chi connectivity index (χ1v) is 7.32. The summed E-state index contributed by atoms with van der Waals surface area (Å²) in [5, 5.41) is 3.75. The van der Waals surface area contributed by atoms with Gasteiger partial charge in [0, 0.05) is 29.9 Å². The summed E-state index contributed by atoms with van der Waals surface area (Å²) in [5.41, 5.74) is 5.04. The second-order valence-electron chi connectivity index (χ2n) is 5.27. The van der Waals surface area contributed by atoms with Crippen LogP contribution in [0.3, 0.4) is 0 Å². The van der Waals surface area contributed by atoms with Crippen LogP contribution in [0.4, 0.5) is 0 Å². The van der Waals surface area contributed by atoms with Crippen LogP contribution in [0.1, 0.15) is 27.2 Å². The number of nitrogens with zero attached hydrogens (tertiary/aromatic N) is 1. The molecule has 0 unspecified atom stereocenters. The second kappa shape index (κ2) is 7.85. The van der Waals surface area contributed by atoms with Crippen molar-refractivity contribution >= 4 is 23.1 Å². The molecule has 3 rings (SSSR count). The molecule has 2 N–H and O–H groups in total. The number of fused-ring (bicyclic) bond motifs is 1. The maximum atomic E-state index is 11.5. The second-order valence-corrected chi connectivity index (χ2v) is 5.27. The Hall–Kier alpha value is -3.24. The monoisotopic (exact) mass is 323 g/mol. The quantitative estimate of drug-likeness (QED) is 0.773. The Balaban J connectivity index is 0.000000647. The largest absolute Gasteiger partial charge is 0.373 e. The average Bonchev–Trinajstić information content (AvgIpc) is 2.95. The van der Waals surface area contributed by atoms with Gasteiger partial charge in [-0.2, -0.15) is 9.59 Å². The molecule has 0 saturated carbocycles. The molecule has 0 atom stereocenters. The van der Waals surface area contributed by atoms with Crippen molar-refractivity contribution in [3.63, 3.8) is 0 Å². The molecule has 1 amide bonds. The molecule has 0 aliphatic rings. The van der Waals surface area contributed by atoms with E-state index in [0.29, 0.717) is 5.56 Å². The first-order chi connectivity index (χ1) is 11.6. The van der Waals surface area contributed by atoms with Crippen molar-refractivity contribution in [2.24, 2.45) is 0 Å². The molecule has 1 aromatic carbocycles. The highest BCUT2D eigenvalue weighted by Gasteiger charge is 2.04. The Morgan fingerprint density at radius 2 is 1.83 bits per heavy atom. The lowest BCUT2D eigenvalue weighted by Crippen LogP contribution is -2.17. The highest BCUT2D eigenvalue weighted by molar-refractivity contribution is 5.93. The van der Waals surface area contributed by atoms with Crippen LogP contribution in [0.5, 0.6) is 0 Å². The first-order valence-electron chi connectivity index (χ1n) is 7.32. The van der Waals surface area contributed by atoms with Gasteiger partial charge in [-0.25, -0.2) is 4.98 Å². The molecule has 2 heterocycles. The maximum Gasteiger partial charge on any atom is 0.373 e. The zero-order valence-corrected chi connectivity index (χ0v) is 13.4. The number of carbonyl (C=O) groups is 1. The molecule has 0 spiro atoms. The Labute approximate surface area is 138 Å². The Morgan fingerprint density at radius 1 is 1.17 bits per heavy atom. The summed E-state index contributed by atoms with van der Waals surface area (Å²) in [7, 11) is 1.63. The van der Waals surface area contributed by atoms with E-state index in [9.17, 15) is 4.79 Å². The van der Waals surface area contributed by atoms with E-state index in [1.54, 1.807) is 7.05 Å². The van der Waals surface area contributed by atoms with Gasteiger partial charge in [0.05, 0.1) is 0 Å². The van der Waals surface area contributed by atoms with Gasteiger partial charge in [0.25, 0.3) is 5.91 Å². The summed E-state index contributed by atoms with van der Waals surface area (Å²) in [5.74, 6) is -0.0626. The third kappa shape index (κ3) is 4.15. The number of amides is 1. The van der Waals surface area contributed by atoms with E-state index in [-0.39, 0.29) is 12.1 Å². The molecular weight excluding hydrogens is 306 g/mol. The van der Waals surface area contributed by atoms with Gasteiger partial charge in [-0.05, 0) is 48.7 Å². The molecule has 6 heteroatoms. The number of pyridine rings is 1. The summed E-state index contributed by atoms with van der Waals surface area (Å²) in [6, 6.07) is 11.9. The molecular formula is C18H17N3O3. The maximum absolute atomic E-state index is 11.5. The van der Waals surface area contributed by atoms with Crippen LogP contribution in [0.25, 0.3) is 11.0 Å². The zero-order chi connectivity index (χ0) is 17.5. The van der Waals surface area contributed by atoms with Gasteiger partial charge in [0.1, 0.15) is 5.65 Å². The van der Waals surface area contributed by atoms with Crippen LogP contribution in [0, 0.1) is 6.92 Å². The fraction of sp³-hybridized carbons (Fsp3) is 0.167. The molecule has 3 aromatic rings. The zero-order valence-electron chi connectivity index (χ0n) is 13.4. The Bertz CT molecular complexity index is 876. The molecule has 0 aliphatic heterocycles. The van der Waals surface area contributed by atoms with Crippen molar-refractivity contribution in [3.05, 3.63) is 65.0 Å². The molecule has 0 aliphatic carbocycles. The molecule has 0 bridgehead atoms. The van der Waals surface area contributed by atoms with Gasteiger partial charge in [0.2, 0.25) is 0 Å². The number of rotatable bonds is 3. The number of carbonyl (C=O) groups excluding carboxylic acids is 3. The average molecular weight is 323 g/mol. The number of aromatic amines is 1. The first kappa shape index (κ1) is 17.1. The van der Waals surface area contributed by atoms with E-state index >= 15 is 0 Å². The summed E-state index contributed by atoms with van der Waals surface area (Å²) >= 11 is 0. The predicted octanol–water partition coefficient (Wildman–Crippen LogP) is 2.24. The third-order valence-corrected chi connectivity index (χ3v) is 3.51. The molecule has 0 fully saturated rings. The third-order valence-electron chi connectivity index (χ3n) is 3.51. The SMILES string of the molecule is CNC(=O)c1ccc(Cc2cnc3[nH]c(C)cc3c2)cc1.O=C=O. The predicted molar refractivity (Wildman–Crippen MR) is 88.5 cm³/mol. The lowest BCUT2D eigenvalue weighted by atomic mass is 10.0. The number of aromatic nitrogens is 2. The van der Waals surface area contributed by atoms with Crippen molar-refractivity contribution in [2.75, 3.05) is 7.05 Å². The highest BCUT2D eigenvalue weighted by Crippen LogP contribution is 2.17. The van der Waals surface area contributed by atoms with E-state index < -0.39 is 0 Å². The minimum atomic E-state index is -0.0626. The summed E-state index contributed by atoms with van der Waals surface area (Å²) in [4.78, 5) is 35.4. The molecule has 122 valence electrons. The minimum absolute atomic E-state index is 0.0626. The van der Waals surface area contributed by atoms with E-state index in [1.807, 2.05) is 37.4 Å². The highest BCUT2D eigenvalue weighted by atomic mass is 16.2. The molecule has 6 nitrogen and oxygen atoms in total. The van der Waals surface area contributed by atoms with Crippen molar-refractivity contribution < 1.29 is 14.4 Å². The van der Waals surface area contributed by atoms with Crippen molar-refractivity contribution in [1.29, 1.82) is 0 Å². The van der Waals surface area contributed by atoms with Crippen LogP contribution >= 0.6 is 0 Å². The fourth-order valence-electron chi connectivity index (χ4n) is 2.45. The number of H-pyrrole nitrogens is 1. The van der Waals surface area contributed by atoms with Crippen molar-refractivity contribution in [1.82, 2.24) is 15.3 Å². The van der Waals surface area contributed by atoms with E-state index in [0.717, 1.165) is 34.3 Å². The van der Waals surface area contributed by atoms with Crippen LogP contribution in [-0.2, 0) is 16.0 Å². The standard InChI is InChI=1S/C17H17N3O.CO2/c1-11-7-15-9-13(10-19-16(15)20-11)8-12-3-5-14(6-4-12)17(21)18-2;2-1-3/h3-7,9-10H,8H2,1-2H3,(H,18,21)(H,19,20);. The molecule has 24 heavy (non-hydrogen) atoms. The van der Waals surface area contributed by atoms with Crippen molar-refractivity contribution in [2.45, 2.75) is 13.3 Å². The van der Waals surface area contributed by atoms with E-state index in [4.69, 9.17) is 9.59 Å². The Kier molecular flexibility index (Phi) is 5.60. The number of hydrogen-bond donors (Lipinski definition) is 2. The Morgan fingerprint density at radius 3 is 2.46 bits per heavy atom. The smallest absolute Gasteiger partial charge is 0.355 e. The van der Waals surface area contributed by atoms with Gasteiger partial charge in [-0.1, -0.05) is 12.1 Å². The minimum Gasteiger partial charge on any atom is -0.355 e. The summed E-state index contributed by atoms with van der Waals surface area (Å²) in [6.45, 7) is 2.03. The van der Waals surface area contributed by atoms with E-state index in [2.05, 4.69) is 27.4 Å². The number of benzene rings is 1. The lowest BCUT2D eigenvalue weighted by molar-refractivity contribution is -0.191. The topological polar surface area (TPSA) is 91.9 Å². The van der Waals surface area contributed by atoms with Crippen molar-refractivity contribution in [3.8, 4) is 0 Å². The normalized spacial score (nSPS) is 9.75. The molecule has 0 saturated heterocycles. The van der Waals surface area contributed by atoms with Crippen LogP contribution in [0.15, 0.2) is 42.6 Å². The molecule has 0 radical (unpaired) electrons. The van der Waals surface area contributed by atoms with E-state index in [1.165, 1.54) is 0 Å². The summed E-state index contributed by atoms with van der Waals surface area (Å²) in [6.07, 6.45) is 2.95. The number of hydrogen-bond acceptors (Lipinski definition) is 4. The summed E-state index contributed by atoms with van der Waals surface area (Å²) < 4.78 is 0.